The summed E-state index contributed by atoms with van der Waals surface area (Å²) in [6.45, 7) is 2.04. The molecule has 0 amide bonds. The van der Waals surface area contributed by atoms with Crippen LogP contribution in [0.3, 0.4) is 0 Å². The van der Waals surface area contributed by atoms with E-state index in [0.29, 0.717) is 17.7 Å². The van der Waals surface area contributed by atoms with Crippen LogP contribution in [0.15, 0.2) is 40.9 Å². The fraction of sp³-hybridized carbons (Fsp3) is 0.300. The van der Waals surface area contributed by atoms with Crippen molar-refractivity contribution >= 4 is 5.78 Å². The standard InChI is InChI=1S/C20H21F2N3O2/c1-12-15(18-5-6-24-25(18)2)10-20(27-12)19(26)9-14(11-23)7-13-3-4-16(21)17(22)8-13/h3-6,8,10,14H,7,9,11,23H2,1-2H3/t14-/m1/s1. The third kappa shape index (κ3) is 4.14. The molecule has 0 bridgehead atoms. The van der Waals surface area contributed by atoms with E-state index in [0.717, 1.165) is 23.4 Å². The van der Waals surface area contributed by atoms with Gasteiger partial charge in [0.15, 0.2) is 23.2 Å². The lowest BCUT2D eigenvalue weighted by Gasteiger charge is -2.13. The molecule has 0 aliphatic rings. The molecule has 142 valence electrons. The Bertz CT molecular complexity index is 962. The Balaban J connectivity index is 1.73. The smallest absolute Gasteiger partial charge is 0.198 e. The number of halogens is 2. The first-order chi connectivity index (χ1) is 12.9. The molecule has 0 aliphatic carbocycles. The molecule has 2 N–H and O–H groups in total. The van der Waals surface area contributed by atoms with E-state index in [1.807, 2.05) is 13.1 Å². The number of furan rings is 1. The van der Waals surface area contributed by atoms with Crippen molar-refractivity contribution in [2.24, 2.45) is 18.7 Å². The Hall–Kier alpha value is -2.80. The van der Waals surface area contributed by atoms with Gasteiger partial charge in [0.2, 0.25) is 0 Å². The fourth-order valence-corrected chi connectivity index (χ4v) is 3.11. The molecule has 1 atom stereocenters. The van der Waals surface area contributed by atoms with Crippen molar-refractivity contribution in [2.45, 2.75) is 19.8 Å². The number of benzene rings is 1. The van der Waals surface area contributed by atoms with Crippen LogP contribution >= 0.6 is 0 Å². The SMILES string of the molecule is Cc1oc(C(=O)C[C@H](CN)Cc2ccc(F)c(F)c2)cc1-c1ccnn1C. The first kappa shape index (κ1) is 19.0. The highest BCUT2D eigenvalue weighted by atomic mass is 19.2. The molecule has 0 saturated carbocycles. The number of ketones is 1. The van der Waals surface area contributed by atoms with Crippen LogP contribution in [-0.2, 0) is 13.5 Å². The first-order valence-corrected chi connectivity index (χ1v) is 8.65. The van der Waals surface area contributed by atoms with Crippen LogP contribution in [-0.4, -0.2) is 22.1 Å². The number of hydrogen-bond donors (Lipinski definition) is 1. The molecule has 0 radical (unpaired) electrons. The zero-order valence-corrected chi connectivity index (χ0v) is 15.2. The van der Waals surface area contributed by atoms with Gasteiger partial charge < -0.3 is 10.2 Å². The van der Waals surface area contributed by atoms with E-state index < -0.39 is 11.6 Å². The zero-order valence-electron chi connectivity index (χ0n) is 15.2. The lowest BCUT2D eigenvalue weighted by atomic mass is 9.93. The number of aromatic nitrogens is 2. The van der Waals surface area contributed by atoms with Crippen molar-refractivity contribution in [3.05, 3.63) is 65.2 Å². The molecule has 0 spiro atoms. The Morgan fingerprint density at radius 1 is 1.26 bits per heavy atom. The zero-order chi connectivity index (χ0) is 19.6. The molecule has 2 aromatic heterocycles. The molecule has 0 fully saturated rings. The van der Waals surface area contributed by atoms with Crippen LogP contribution in [0.1, 0.15) is 28.3 Å². The van der Waals surface area contributed by atoms with E-state index >= 15 is 0 Å². The molecular formula is C20H21F2N3O2. The number of nitrogens with two attached hydrogens (primary N) is 1. The number of Topliss-reactive ketones (excluding diaryl/α,β-unsaturated/α-hetero) is 1. The van der Waals surface area contributed by atoms with Gasteiger partial charge in [0.05, 0.1) is 5.69 Å². The summed E-state index contributed by atoms with van der Waals surface area (Å²) in [5.74, 6) is -1.29. The quantitative estimate of drug-likeness (QED) is 0.642. The van der Waals surface area contributed by atoms with Gasteiger partial charge in [0.1, 0.15) is 5.76 Å². The summed E-state index contributed by atoms with van der Waals surface area (Å²) in [6, 6.07) is 7.27. The number of carbonyl (C=O) groups is 1. The summed E-state index contributed by atoms with van der Waals surface area (Å²) >= 11 is 0. The van der Waals surface area contributed by atoms with Gasteiger partial charge >= 0.3 is 0 Å². The number of aryl methyl sites for hydroxylation is 2. The van der Waals surface area contributed by atoms with Crippen molar-refractivity contribution < 1.29 is 18.0 Å². The van der Waals surface area contributed by atoms with Crippen molar-refractivity contribution in [3.8, 4) is 11.3 Å². The first-order valence-electron chi connectivity index (χ1n) is 8.65. The van der Waals surface area contributed by atoms with E-state index in [2.05, 4.69) is 5.10 Å². The van der Waals surface area contributed by atoms with Crippen LogP contribution in [0.4, 0.5) is 8.78 Å². The molecule has 0 unspecified atom stereocenters. The Morgan fingerprint density at radius 3 is 2.67 bits per heavy atom. The normalized spacial score (nSPS) is 12.3. The minimum absolute atomic E-state index is 0.160. The summed E-state index contributed by atoms with van der Waals surface area (Å²) in [4.78, 5) is 12.6. The topological polar surface area (TPSA) is 74.1 Å². The lowest BCUT2D eigenvalue weighted by molar-refractivity contribution is 0.0933. The van der Waals surface area contributed by atoms with Gasteiger partial charge in [-0.25, -0.2) is 8.78 Å². The van der Waals surface area contributed by atoms with Crippen LogP contribution in [0, 0.1) is 24.5 Å². The number of nitrogens with zero attached hydrogens (tertiary/aromatic N) is 2. The molecule has 5 nitrogen and oxygen atoms in total. The summed E-state index contributed by atoms with van der Waals surface area (Å²) in [7, 11) is 1.82. The highest BCUT2D eigenvalue weighted by Crippen LogP contribution is 2.27. The van der Waals surface area contributed by atoms with E-state index in [1.54, 1.807) is 23.9 Å². The highest BCUT2D eigenvalue weighted by Gasteiger charge is 2.21. The number of hydrogen-bond acceptors (Lipinski definition) is 4. The van der Waals surface area contributed by atoms with Crippen LogP contribution in [0.2, 0.25) is 0 Å². The van der Waals surface area contributed by atoms with E-state index in [4.69, 9.17) is 10.2 Å². The Kier molecular flexibility index (Phi) is 5.51. The second-order valence-corrected chi connectivity index (χ2v) is 6.60. The largest absolute Gasteiger partial charge is 0.458 e. The van der Waals surface area contributed by atoms with Crippen LogP contribution < -0.4 is 5.73 Å². The van der Waals surface area contributed by atoms with Crippen molar-refractivity contribution in [3.63, 3.8) is 0 Å². The van der Waals surface area contributed by atoms with Gasteiger partial charge in [-0.1, -0.05) is 6.07 Å². The third-order valence-electron chi connectivity index (χ3n) is 4.61. The lowest BCUT2D eigenvalue weighted by Crippen LogP contribution is -2.20. The molecular weight excluding hydrogens is 352 g/mol. The third-order valence-corrected chi connectivity index (χ3v) is 4.61. The van der Waals surface area contributed by atoms with Gasteiger partial charge in [0, 0.05) is 25.2 Å². The van der Waals surface area contributed by atoms with Gasteiger partial charge in [-0.05, 0) is 55.6 Å². The van der Waals surface area contributed by atoms with E-state index in [1.165, 1.54) is 6.07 Å². The molecule has 7 heteroatoms. The maximum absolute atomic E-state index is 13.4. The predicted molar refractivity (Wildman–Crippen MR) is 97.2 cm³/mol. The van der Waals surface area contributed by atoms with E-state index in [9.17, 15) is 13.6 Å². The number of carbonyl (C=O) groups excluding carboxylic acids is 1. The molecule has 3 rings (SSSR count). The van der Waals surface area contributed by atoms with Gasteiger partial charge in [-0.3, -0.25) is 9.48 Å². The summed E-state index contributed by atoms with van der Waals surface area (Å²) in [5, 5.41) is 4.13. The maximum atomic E-state index is 13.4. The van der Waals surface area contributed by atoms with Crippen molar-refractivity contribution in [1.82, 2.24) is 9.78 Å². The fourth-order valence-electron chi connectivity index (χ4n) is 3.11. The summed E-state index contributed by atoms with van der Waals surface area (Å²) < 4.78 is 33.8. The molecule has 2 heterocycles. The summed E-state index contributed by atoms with van der Waals surface area (Å²) in [6.07, 6.45) is 2.22. The molecule has 1 aromatic carbocycles. The van der Waals surface area contributed by atoms with Gasteiger partial charge in [-0.15, -0.1) is 0 Å². The molecule has 27 heavy (non-hydrogen) atoms. The highest BCUT2D eigenvalue weighted by molar-refractivity contribution is 5.95. The van der Waals surface area contributed by atoms with Crippen molar-refractivity contribution in [2.75, 3.05) is 6.54 Å². The Labute approximate surface area is 155 Å². The second kappa shape index (κ2) is 7.84. The van der Waals surface area contributed by atoms with Crippen LogP contribution in [0.5, 0.6) is 0 Å². The minimum atomic E-state index is -0.905. The molecule has 0 aliphatic heterocycles. The second-order valence-electron chi connectivity index (χ2n) is 6.60. The van der Waals surface area contributed by atoms with Gasteiger partial charge in [0.25, 0.3) is 0 Å². The minimum Gasteiger partial charge on any atom is -0.458 e. The average molecular weight is 373 g/mol. The van der Waals surface area contributed by atoms with E-state index in [-0.39, 0.29) is 30.4 Å². The summed E-state index contributed by atoms with van der Waals surface area (Å²) in [5.41, 5.74) is 8.05. The van der Waals surface area contributed by atoms with Crippen LogP contribution in [0.25, 0.3) is 11.3 Å². The van der Waals surface area contributed by atoms with Crippen molar-refractivity contribution in [1.29, 1.82) is 0 Å². The number of rotatable bonds is 7. The molecule has 0 saturated heterocycles. The van der Waals surface area contributed by atoms with Gasteiger partial charge in [-0.2, -0.15) is 5.10 Å². The monoisotopic (exact) mass is 373 g/mol. The predicted octanol–water partition coefficient (Wildman–Crippen LogP) is 3.66. The molecule has 3 aromatic rings. The average Bonchev–Trinajstić information content (AvgIpc) is 3.22. The maximum Gasteiger partial charge on any atom is 0.198 e. The Morgan fingerprint density at radius 2 is 2.04 bits per heavy atom.